The average molecular weight is 323 g/mol. The Bertz CT molecular complexity index is 913. The van der Waals surface area contributed by atoms with Gasteiger partial charge >= 0.3 is 0 Å². The Labute approximate surface area is 137 Å². The lowest BCUT2D eigenvalue weighted by molar-refractivity contribution is -0.401. The lowest BCUT2D eigenvalue weighted by Gasteiger charge is -2.17. The minimum Gasteiger partial charge on any atom is -0.497 e. The van der Waals surface area contributed by atoms with Gasteiger partial charge in [0.15, 0.2) is 5.75 Å². The van der Waals surface area contributed by atoms with E-state index in [0.29, 0.717) is 28.2 Å². The van der Waals surface area contributed by atoms with Gasteiger partial charge in [0.1, 0.15) is 11.5 Å². The fraction of sp³-hybridized carbons (Fsp3) is 0.0556. The fourth-order valence-electron chi connectivity index (χ4n) is 2.39. The Morgan fingerprint density at radius 1 is 1.12 bits per heavy atom. The quantitative estimate of drug-likeness (QED) is 0.640. The highest BCUT2D eigenvalue weighted by molar-refractivity contribution is 5.87. The van der Waals surface area contributed by atoms with Gasteiger partial charge in [0.25, 0.3) is 0 Å². The van der Waals surface area contributed by atoms with Crippen LogP contribution < -0.4 is 14.9 Å². The summed E-state index contributed by atoms with van der Waals surface area (Å²) in [7, 11) is 1.56. The summed E-state index contributed by atoms with van der Waals surface area (Å²) >= 11 is 0. The van der Waals surface area contributed by atoms with Crippen molar-refractivity contribution in [1.29, 1.82) is 0 Å². The number of rotatable bonds is 3. The van der Waals surface area contributed by atoms with Crippen LogP contribution in [0.2, 0.25) is 0 Å². The molecule has 0 N–H and O–H groups in total. The van der Waals surface area contributed by atoms with Crippen molar-refractivity contribution in [1.82, 2.24) is 0 Å². The molecule has 0 saturated heterocycles. The third-order valence-electron chi connectivity index (χ3n) is 3.52. The van der Waals surface area contributed by atoms with Crippen LogP contribution in [0, 0.1) is 10.1 Å². The Hall–Kier alpha value is -3.41. The zero-order valence-corrected chi connectivity index (χ0v) is 12.8. The van der Waals surface area contributed by atoms with E-state index in [9.17, 15) is 14.9 Å². The van der Waals surface area contributed by atoms with Crippen LogP contribution >= 0.6 is 0 Å². The van der Waals surface area contributed by atoms with Gasteiger partial charge in [-0.25, -0.2) is 0 Å². The van der Waals surface area contributed by atoms with Gasteiger partial charge in [-0.1, -0.05) is 18.2 Å². The van der Waals surface area contributed by atoms with E-state index in [2.05, 4.69) is 0 Å². The van der Waals surface area contributed by atoms with Crippen LogP contribution in [0.4, 0.5) is 0 Å². The molecular weight excluding hydrogens is 310 g/mol. The second-order valence-electron chi connectivity index (χ2n) is 5.03. The lowest BCUT2D eigenvalue weighted by Crippen LogP contribution is -2.11. The zero-order chi connectivity index (χ0) is 17.1. The number of hydrogen-bond donors (Lipinski definition) is 0. The molecule has 0 unspecified atom stereocenters. The van der Waals surface area contributed by atoms with Crippen LogP contribution in [-0.2, 0) is 0 Å². The predicted octanol–water partition coefficient (Wildman–Crippen LogP) is 3.11. The summed E-state index contributed by atoms with van der Waals surface area (Å²) in [5.74, 6) is 1.11. The third kappa shape index (κ3) is 3.03. The molecule has 2 aromatic rings. The normalized spacial score (nSPS) is 14.4. The maximum atomic E-state index is 12.2. The van der Waals surface area contributed by atoms with Crippen molar-refractivity contribution in [3.63, 3.8) is 0 Å². The highest BCUT2D eigenvalue weighted by Gasteiger charge is 2.21. The molecule has 6 nitrogen and oxygen atoms in total. The number of benzene rings is 1. The first-order valence-corrected chi connectivity index (χ1v) is 7.11. The number of fused-ring (bicyclic) bond motifs is 1. The Kier molecular flexibility index (Phi) is 4.11. The van der Waals surface area contributed by atoms with Crippen LogP contribution in [0.1, 0.15) is 11.1 Å². The highest BCUT2D eigenvalue weighted by atomic mass is 16.6. The van der Waals surface area contributed by atoms with Crippen molar-refractivity contribution in [2.45, 2.75) is 0 Å². The van der Waals surface area contributed by atoms with Crippen molar-refractivity contribution in [2.75, 3.05) is 7.11 Å². The first kappa shape index (κ1) is 15.5. The smallest absolute Gasteiger partial charge is 0.242 e. The average Bonchev–Trinajstić information content (AvgIpc) is 2.76. The van der Waals surface area contributed by atoms with E-state index < -0.39 is 4.92 Å². The van der Waals surface area contributed by atoms with Crippen molar-refractivity contribution in [2.24, 2.45) is 0 Å². The first-order valence-electron chi connectivity index (χ1n) is 7.11. The Morgan fingerprint density at radius 3 is 2.50 bits per heavy atom. The van der Waals surface area contributed by atoms with Gasteiger partial charge in [-0.3, -0.25) is 14.9 Å². The Morgan fingerprint density at radius 2 is 1.83 bits per heavy atom. The first-order chi connectivity index (χ1) is 11.6. The van der Waals surface area contributed by atoms with Gasteiger partial charge in [-0.05, 0) is 36.4 Å². The van der Waals surface area contributed by atoms with Gasteiger partial charge in [-0.2, -0.15) is 0 Å². The molecule has 2 aromatic carbocycles. The maximum absolute atomic E-state index is 12.2. The molecule has 1 heterocycles. The monoisotopic (exact) mass is 323 g/mol. The molecule has 24 heavy (non-hydrogen) atoms. The van der Waals surface area contributed by atoms with E-state index in [-0.39, 0.29) is 11.2 Å². The van der Waals surface area contributed by atoms with E-state index in [1.807, 2.05) is 0 Å². The molecule has 1 aliphatic heterocycles. The van der Waals surface area contributed by atoms with Gasteiger partial charge < -0.3 is 9.47 Å². The molecule has 0 radical (unpaired) electrons. The van der Waals surface area contributed by atoms with Crippen LogP contribution in [0.15, 0.2) is 65.6 Å². The summed E-state index contributed by atoms with van der Waals surface area (Å²) in [6.07, 6.45) is 2.41. The maximum Gasteiger partial charge on any atom is 0.242 e. The van der Waals surface area contributed by atoms with E-state index in [1.165, 1.54) is 6.07 Å². The van der Waals surface area contributed by atoms with Gasteiger partial charge in [-0.15, -0.1) is 0 Å². The molecule has 0 aromatic heterocycles. The summed E-state index contributed by atoms with van der Waals surface area (Å²) in [6.45, 7) is 0. The second kappa shape index (κ2) is 6.37. The molecule has 0 amide bonds. The predicted molar refractivity (Wildman–Crippen MR) is 89.3 cm³/mol. The highest BCUT2D eigenvalue weighted by Crippen LogP contribution is 2.34. The lowest BCUT2D eigenvalue weighted by atomic mass is 10.0. The van der Waals surface area contributed by atoms with Crippen molar-refractivity contribution < 1.29 is 14.4 Å². The van der Waals surface area contributed by atoms with Crippen LogP contribution in [0.25, 0.3) is 11.3 Å². The third-order valence-corrected chi connectivity index (χ3v) is 3.52. The van der Waals surface area contributed by atoms with Gasteiger partial charge in [0, 0.05) is 11.1 Å². The zero-order valence-electron chi connectivity index (χ0n) is 12.8. The molecular formula is C18H13NO5. The molecule has 120 valence electrons. The summed E-state index contributed by atoms with van der Waals surface area (Å²) in [5.41, 5.74) is 1.03. The SMILES string of the molecule is COc1ccc(C2=C/C(=C\[N+](=O)[O-])c3ccccc(=O)c3O2)cc1. The summed E-state index contributed by atoms with van der Waals surface area (Å²) < 4.78 is 10.8. The standard InChI is InChI=1S/C18H13NO5/c1-23-14-8-6-12(7-9-14)17-10-13(11-19(21)22)15-4-2-3-5-16(20)18(15)24-17/h2-11H,1H3/b13-11+. The van der Waals surface area contributed by atoms with E-state index in [1.54, 1.807) is 55.7 Å². The number of allylic oxidation sites excluding steroid dienone is 2. The number of methoxy groups -OCH3 is 1. The van der Waals surface area contributed by atoms with Crippen LogP contribution in [0.5, 0.6) is 11.5 Å². The summed E-state index contributed by atoms with van der Waals surface area (Å²) in [6, 6.07) is 13.2. The minimum atomic E-state index is -0.552. The molecule has 0 fully saturated rings. The van der Waals surface area contributed by atoms with Gasteiger partial charge in [0.2, 0.25) is 11.6 Å². The molecule has 6 heteroatoms. The molecule has 0 spiro atoms. The van der Waals surface area contributed by atoms with Crippen molar-refractivity contribution in [3.8, 4) is 11.5 Å². The van der Waals surface area contributed by atoms with Crippen molar-refractivity contribution >= 4 is 11.3 Å². The van der Waals surface area contributed by atoms with E-state index in [0.717, 1.165) is 6.20 Å². The topological polar surface area (TPSA) is 78.7 Å². The number of hydrogen-bond acceptors (Lipinski definition) is 5. The van der Waals surface area contributed by atoms with E-state index in [4.69, 9.17) is 9.47 Å². The van der Waals surface area contributed by atoms with Crippen LogP contribution in [-0.4, -0.2) is 12.0 Å². The molecule has 0 bridgehead atoms. The van der Waals surface area contributed by atoms with Crippen molar-refractivity contribution in [3.05, 3.63) is 92.3 Å². The number of ether oxygens (including phenoxy) is 2. The molecule has 0 atom stereocenters. The van der Waals surface area contributed by atoms with E-state index >= 15 is 0 Å². The summed E-state index contributed by atoms with van der Waals surface area (Å²) in [4.78, 5) is 22.6. The molecule has 0 aliphatic carbocycles. The summed E-state index contributed by atoms with van der Waals surface area (Å²) in [5, 5.41) is 10.9. The Balaban J connectivity index is 2.16. The largest absolute Gasteiger partial charge is 0.497 e. The number of nitro groups is 1. The second-order valence-corrected chi connectivity index (χ2v) is 5.03. The van der Waals surface area contributed by atoms with Gasteiger partial charge in [0.05, 0.1) is 17.6 Å². The minimum absolute atomic E-state index is 0.0708. The molecule has 0 saturated carbocycles. The van der Waals surface area contributed by atoms with Crippen LogP contribution in [0.3, 0.4) is 0 Å². The molecule has 1 aliphatic rings. The molecule has 3 rings (SSSR count). The number of nitrogens with zero attached hydrogens (tertiary/aromatic N) is 1. The fourth-order valence-corrected chi connectivity index (χ4v) is 2.39.